The topological polar surface area (TPSA) is 46.2 Å². The normalized spacial score (nSPS) is 10.4. The molecule has 0 aliphatic rings. The lowest BCUT2D eigenvalue weighted by Crippen LogP contribution is -2.33. The quantitative estimate of drug-likeness (QED) is 0.810. The van der Waals surface area contributed by atoms with Crippen molar-refractivity contribution >= 4 is 11.7 Å². The molecule has 92 valence electrons. The van der Waals surface area contributed by atoms with Crippen molar-refractivity contribution in [1.82, 2.24) is 5.32 Å². The van der Waals surface area contributed by atoms with Gasteiger partial charge in [0.05, 0.1) is 0 Å². The zero-order chi connectivity index (χ0) is 13.0. The van der Waals surface area contributed by atoms with E-state index in [0.29, 0.717) is 6.54 Å². The molecular formula is C14H19NO2. The van der Waals surface area contributed by atoms with Crippen molar-refractivity contribution in [2.45, 2.75) is 34.2 Å². The molecule has 0 aromatic heterocycles. The average molecular weight is 233 g/mol. The average Bonchev–Trinajstić information content (AvgIpc) is 2.28. The molecule has 0 unspecified atom stereocenters. The van der Waals surface area contributed by atoms with Gasteiger partial charge in [-0.05, 0) is 25.0 Å². The lowest BCUT2D eigenvalue weighted by molar-refractivity contribution is -0.139. The van der Waals surface area contributed by atoms with Gasteiger partial charge in [-0.2, -0.15) is 0 Å². The van der Waals surface area contributed by atoms with Crippen LogP contribution in [0.25, 0.3) is 0 Å². The Balaban J connectivity index is 2.65. The molecule has 1 N–H and O–H groups in total. The summed E-state index contributed by atoms with van der Waals surface area (Å²) in [5.74, 6) is -1.12. The molecule has 0 heterocycles. The maximum absolute atomic E-state index is 11.5. The van der Waals surface area contributed by atoms with Gasteiger partial charge < -0.3 is 5.32 Å². The van der Waals surface area contributed by atoms with Crippen LogP contribution in [-0.2, 0) is 16.1 Å². The number of ketones is 1. The van der Waals surface area contributed by atoms with Crippen molar-refractivity contribution in [2.24, 2.45) is 5.92 Å². The number of hydrogen-bond acceptors (Lipinski definition) is 2. The first-order valence-corrected chi connectivity index (χ1v) is 5.80. The molecule has 0 saturated heterocycles. The summed E-state index contributed by atoms with van der Waals surface area (Å²) >= 11 is 0. The van der Waals surface area contributed by atoms with Crippen molar-refractivity contribution < 1.29 is 9.59 Å². The van der Waals surface area contributed by atoms with E-state index in [2.05, 4.69) is 5.32 Å². The minimum Gasteiger partial charge on any atom is -0.345 e. The van der Waals surface area contributed by atoms with Gasteiger partial charge in [-0.15, -0.1) is 0 Å². The highest BCUT2D eigenvalue weighted by Gasteiger charge is 2.16. The van der Waals surface area contributed by atoms with Gasteiger partial charge in [-0.1, -0.05) is 37.6 Å². The molecule has 0 fully saturated rings. The number of amides is 1. The summed E-state index contributed by atoms with van der Waals surface area (Å²) in [6.45, 7) is 7.85. The number of carbonyl (C=O) groups is 2. The molecule has 0 spiro atoms. The number of Topliss-reactive ketones (excluding diaryl/α,β-unsaturated/α-hetero) is 1. The van der Waals surface area contributed by atoms with Crippen LogP contribution >= 0.6 is 0 Å². The predicted molar refractivity (Wildman–Crippen MR) is 67.6 cm³/mol. The Hall–Kier alpha value is -1.64. The van der Waals surface area contributed by atoms with Crippen molar-refractivity contribution in [3.8, 4) is 0 Å². The van der Waals surface area contributed by atoms with E-state index in [4.69, 9.17) is 0 Å². The maximum Gasteiger partial charge on any atom is 0.287 e. The summed E-state index contributed by atoms with van der Waals surface area (Å²) in [4.78, 5) is 22.9. The predicted octanol–water partition coefficient (Wildman–Crippen LogP) is 2.14. The van der Waals surface area contributed by atoms with E-state index in [0.717, 1.165) is 16.7 Å². The van der Waals surface area contributed by atoms with Crippen molar-refractivity contribution in [3.63, 3.8) is 0 Å². The van der Waals surface area contributed by atoms with E-state index in [1.54, 1.807) is 13.8 Å². The minimum atomic E-state index is -0.499. The molecule has 1 aromatic carbocycles. The fourth-order valence-corrected chi connectivity index (χ4v) is 1.52. The van der Waals surface area contributed by atoms with Crippen LogP contribution < -0.4 is 5.32 Å². The standard InChI is InChI=1S/C14H19NO2/c1-9(2)13(16)14(17)15-8-12-7-10(3)5-6-11(12)4/h5-7,9H,8H2,1-4H3,(H,15,17). The summed E-state index contributed by atoms with van der Waals surface area (Å²) in [6.07, 6.45) is 0. The first kappa shape index (κ1) is 13.4. The zero-order valence-corrected chi connectivity index (χ0v) is 10.8. The van der Waals surface area contributed by atoms with E-state index in [1.807, 2.05) is 32.0 Å². The van der Waals surface area contributed by atoms with Gasteiger partial charge >= 0.3 is 0 Å². The molecule has 0 bridgehead atoms. The Bertz CT molecular complexity index is 436. The number of benzene rings is 1. The Kier molecular flexibility index (Phi) is 4.44. The maximum atomic E-state index is 11.5. The summed E-state index contributed by atoms with van der Waals surface area (Å²) in [5, 5.41) is 2.66. The molecule has 0 saturated carbocycles. The second-order valence-corrected chi connectivity index (χ2v) is 4.63. The summed E-state index contributed by atoms with van der Waals surface area (Å²) < 4.78 is 0. The summed E-state index contributed by atoms with van der Waals surface area (Å²) in [7, 11) is 0. The molecule has 1 amide bonds. The molecule has 0 aliphatic heterocycles. The lowest BCUT2D eigenvalue weighted by Gasteiger charge is -2.09. The largest absolute Gasteiger partial charge is 0.345 e. The minimum absolute atomic E-state index is 0.256. The van der Waals surface area contributed by atoms with Gasteiger partial charge in [0, 0.05) is 12.5 Å². The summed E-state index contributed by atoms with van der Waals surface area (Å²) in [5.41, 5.74) is 3.32. The van der Waals surface area contributed by atoms with E-state index in [1.165, 1.54) is 0 Å². The van der Waals surface area contributed by atoms with Gasteiger partial charge in [0.2, 0.25) is 5.78 Å². The molecule has 1 aromatic rings. The highest BCUT2D eigenvalue weighted by Crippen LogP contribution is 2.10. The Morgan fingerprint density at radius 1 is 1.24 bits per heavy atom. The number of carbonyl (C=O) groups excluding carboxylic acids is 2. The van der Waals surface area contributed by atoms with Gasteiger partial charge in [0.25, 0.3) is 5.91 Å². The molecule has 1 rings (SSSR count). The second kappa shape index (κ2) is 5.62. The Morgan fingerprint density at radius 3 is 2.47 bits per heavy atom. The summed E-state index contributed by atoms with van der Waals surface area (Å²) in [6, 6.07) is 6.07. The van der Waals surface area contributed by atoms with Gasteiger partial charge in [-0.3, -0.25) is 9.59 Å². The number of nitrogens with one attached hydrogen (secondary N) is 1. The first-order valence-electron chi connectivity index (χ1n) is 5.80. The van der Waals surface area contributed by atoms with Gasteiger partial charge in [0.1, 0.15) is 0 Å². The fourth-order valence-electron chi connectivity index (χ4n) is 1.52. The fraction of sp³-hybridized carbons (Fsp3) is 0.429. The van der Waals surface area contributed by atoms with Crippen molar-refractivity contribution in [3.05, 3.63) is 34.9 Å². The van der Waals surface area contributed by atoms with Crippen molar-refractivity contribution in [1.29, 1.82) is 0 Å². The van der Waals surface area contributed by atoms with Crippen LogP contribution in [0.5, 0.6) is 0 Å². The van der Waals surface area contributed by atoms with Crippen LogP contribution in [0.2, 0.25) is 0 Å². The molecular weight excluding hydrogens is 214 g/mol. The zero-order valence-electron chi connectivity index (χ0n) is 10.8. The van der Waals surface area contributed by atoms with E-state index in [-0.39, 0.29) is 11.7 Å². The Labute approximate surface area is 102 Å². The molecule has 17 heavy (non-hydrogen) atoms. The van der Waals surface area contributed by atoms with E-state index >= 15 is 0 Å². The highest BCUT2D eigenvalue weighted by atomic mass is 16.2. The van der Waals surface area contributed by atoms with Crippen LogP contribution in [0.4, 0.5) is 0 Å². The van der Waals surface area contributed by atoms with Crippen molar-refractivity contribution in [2.75, 3.05) is 0 Å². The third-order valence-electron chi connectivity index (χ3n) is 2.69. The van der Waals surface area contributed by atoms with Gasteiger partial charge in [0.15, 0.2) is 0 Å². The van der Waals surface area contributed by atoms with Crippen LogP contribution in [0.3, 0.4) is 0 Å². The monoisotopic (exact) mass is 233 g/mol. The number of rotatable bonds is 4. The molecule has 3 nitrogen and oxygen atoms in total. The smallest absolute Gasteiger partial charge is 0.287 e. The highest BCUT2D eigenvalue weighted by molar-refractivity contribution is 6.36. The van der Waals surface area contributed by atoms with Gasteiger partial charge in [-0.25, -0.2) is 0 Å². The van der Waals surface area contributed by atoms with E-state index in [9.17, 15) is 9.59 Å². The number of hydrogen-bond donors (Lipinski definition) is 1. The first-order chi connectivity index (χ1) is 7.91. The third kappa shape index (κ3) is 3.70. The lowest BCUT2D eigenvalue weighted by atomic mass is 10.1. The second-order valence-electron chi connectivity index (χ2n) is 4.63. The van der Waals surface area contributed by atoms with Crippen LogP contribution in [0.1, 0.15) is 30.5 Å². The van der Waals surface area contributed by atoms with Crippen LogP contribution in [0.15, 0.2) is 18.2 Å². The SMILES string of the molecule is Cc1ccc(C)c(CNC(=O)C(=O)C(C)C)c1. The molecule has 0 radical (unpaired) electrons. The number of aryl methyl sites for hydroxylation is 2. The molecule has 0 atom stereocenters. The Morgan fingerprint density at radius 2 is 1.88 bits per heavy atom. The molecule has 0 aliphatic carbocycles. The van der Waals surface area contributed by atoms with Crippen LogP contribution in [-0.4, -0.2) is 11.7 Å². The third-order valence-corrected chi connectivity index (χ3v) is 2.69. The molecule has 3 heteroatoms. The van der Waals surface area contributed by atoms with E-state index < -0.39 is 5.91 Å². The van der Waals surface area contributed by atoms with Crippen LogP contribution in [0, 0.1) is 19.8 Å².